The molecule has 1 aromatic heterocycles. The van der Waals surface area contributed by atoms with Crippen LogP contribution < -0.4 is 10.6 Å². The van der Waals surface area contributed by atoms with Gasteiger partial charge in [-0.2, -0.15) is 5.10 Å². The van der Waals surface area contributed by atoms with Crippen LogP contribution in [0.5, 0.6) is 0 Å². The number of nitrogens with one attached hydrogen (secondary N) is 2. The summed E-state index contributed by atoms with van der Waals surface area (Å²) < 4.78 is 1.39. The largest absolute Gasteiger partial charge is 0.355 e. The van der Waals surface area contributed by atoms with Crippen molar-refractivity contribution in [1.29, 1.82) is 0 Å². The number of aryl methyl sites for hydroxylation is 2. The maximum absolute atomic E-state index is 12.0. The number of piperazine rings is 1. The average Bonchev–Trinajstić information content (AvgIpc) is 2.71. The molecule has 0 aromatic carbocycles. The van der Waals surface area contributed by atoms with Crippen molar-refractivity contribution >= 4 is 17.4 Å². The van der Waals surface area contributed by atoms with E-state index < -0.39 is 4.92 Å². The maximum atomic E-state index is 12.0. The quantitative estimate of drug-likeness (QED) is 0.568. The van der Waals surface area contributed by atoms with Crippen molar-refractivity contribution in [3.05, 3.63) is 15.8 Å². The van der Waals surface area contributed by atoms with Gasteiger partial charge in [0.15, 0.2) is 0 Å². The number of amides is 1. The second-order valence-electron chi connectivity index (χ2n) is 4.65. The molecular formula is C11H18N6O3. The minimum absolute atomic E-state index is 0.0276. The van der Waals surface area contributed by atoms with Crippen LogP contribution in [0.25, 0.3) is 0 Å². The van der Waals surface area contributed by atoms with Crippen molar-refractivity contribution in [2.75, 3.05) is 38.0 Å². The third kappa shape index (κ3) is 2.87. The maximum Gasteiger partial charge on any atom is 0.333 e. The highest BCUT2D eigenvalue weighted by Gasteiger charge is 2.25. The average molecular weight is 282 g/mol. The number of hydrogen-bond donors (Lipinski definition) is 2. The Labute approximate surface area is 116 Å². The zero-order valence-corrected chi connectivity index (χ0v) is 11.5. The minimum atomic E-state index is -0.486. The standard InChI is InChI=1S/C11H18N6O3/c1-8-10(17(19)20)11(15(2)14-8)13-7-9(18)16-5-3-12-4-6-16/h12-13H,3-7H2,1-2H3. The summed E-state index contributed by atoms with van der Waals surface area (Å²) in [5.41, 5.74) is 0.246. The van der Waals surface area contributed by atoms with Crippen LogP contribution in [0.15, 0.2) is 0 Å². The number of rotatable bonds is 4. The van der Waals surface area contributed by atoms with Crippen LogP contribution in [0.4, 0.5) is 11.5 Å². The number of carbonyl (C=O) groups is 1. The fourth-order valence-electron chi connectivity index (χ4n) is 2.25. The molecule has 0 aliphatic carbocycles. The fraction of sp³-hybridized carbons (Fsp3) is 0.636. The van der Waals surface area contributed by atoms with E-state index in [1.807, 2.05) is 0 Å². The predicted octanol–water partition coefficient (Wildman–Crippen LogP) is -0.520. The van der Waals surface area contributed by atoms with Crippen LogP contribution in [0.3, 0.4) is 0 Å². The van der Waals surface area contributed by atoms with Crippen molar-refractivity contribution in [1.82, 2.24) is 20.0 Å². The molecule has 0 atom stereocenters. The highest BCUT2D eigenvalue weighted by Crippen LogP contribution is 2.26. The van der Waals surface area contributed by atoms with Gasteiger partial charge in [-0.1, -0.05) is 0 Å². The predicted molar refractivity (Wildman–Crippen MR) is 72.5 cm³/mol. The summed E-state index contributed by atoms with van der Waals surface area (Å²) in [6.45, 7) is 4.47. The first-order valence-electron chi connectivity index (χ1n) is 6.41. The van der Waals surface area contributed by atoms with E-state index in [0.717, 1.165) is 13.1 Å². The second-order valence-corrected chi connectivity index (χ2v) is 4.65. The fourth-order valence-corrected chi connectivity index (χ4v) is 2.25. The summed E-state index contributed by atoms with van der Waals surface area (Å²) in [7, 11) is 1.61. The molecule has 0 bridgehead atoms. The van der Waals surface area contributed by atoms with Gasteiger partial charge in [0.1, 0.15) is 5.69 Å². The molecule has 0 unspecified atom stereocenters. The Hall–Kier alpha value is -2.16. The van der Waals surface area contributed by atoms with E-state index in [2.05, 4.69) is 15.7 Å². The molecule has 2 heterocycles. The first-order valence-corrected chi connectivity index (χ1v) is 6.41. The Balaban J connectivity index is 2.03. The lowest BCUT2D eigenvalue weighted by Crippen LogP contribution is -2.48. The summed E-state index contributed by atoms with van der Waals surface area (Å²) in [6.07, 6.45) is 0. The number of carbonyl (C=O) groups excluding carboxylic acids is 1. The monoisotopic (exact) mass is 282 g/mol. The van der Waals surface area contributed by atoms with Gasteiger partial charge in [0.2, 0.25) is 11.7 Å². The van der Waals surface area contributed by atoms with E-state index in [9.17, 15) is 14.9 Å². The molecule has 2 N–H and O–H groups in total. The topological polar surface area (TPSA) is 105 Å². The van der Waals surface area contributed by atoms with Crippen LogP contribution in [0, 0.1) is 17.0 Å². The normalized spacial score (nSPS) is 15.2. The Kier molecular flexibility index (Phi) is 4.18. The van der Waals surface area contributed by atoms with Crippen molar-refractivity contribution < 1.29 is 9.72 Å². The second kappa shape index (κ2) is 5.87. The van der Waals surface area contributed by atoms with E-state index >= 15 is 0 Å². The van der Waals surface area contributed by atoms with Crippen molar-refractivity contribution in [2.24, 2.45) is 7.05 Å². The molecule has 20 heavy (non-hydrogen) atoms. The Morgan fingerprint density at radius 2 is 2.15 bits per heavy atom. The Morgan fingerprint density at radius 3 is 2.75 bits per heavy atom. The molecule has 1 saturated heterocycles. The minimum Gasteiger partial charge on any atom is -0.355 e. The molecule has 1 aliphatic heterocycles. The SMILES string of the molecule is Cc1nn(C)c(NCC(=O)N2CCNCC2)c1[N+](=O)[O-]. The zero-order chi connectivity index (χ0) is 14.7. The third-order valence-electron chi connectivity index (χ3n) is 3.25. The molecule has 0 radical (unpaired) electrons. The number of nitrogens with zero attached hydrogens (tertiary/aromatic N) is 4. The summed E-state index contributed by atoms with van der Waals surface area (Å²) >= 11 is 0. The molecule has 1 aliphatic rings. The zero-order valence-electron chi connectivity index (χ0n) is 11.5. The molecule has 110 valence electrons. The molecule has 1 fully saturated rings. The smallest absolute Gasteiger partial charge is 0.333 e. The van der Waals surface area contributed by atoms with Gasteiger partial charge >= 0.3 is 5.69 Å². The van der Waals surface area contributed by atoms with Gasteiger partial charge < -0.3 is 15.5 Å². The Morgan fingerprint density at radius 1 is 1.50 bits per heavy atom. The van der Waals surface area contributed by atoms with Crippen LogP contribution in [-0.2, 0) is 11.8 Å². The van der Waals surface area contributed by atoms with Gasteiger partial charge in [0, 0.05) is 33.2 Å². The highest BCUT2D eigenvalue weighted by molar-refractivity contribution is 5.81. The van der Waals surface area contributed by atoms with Gasteiger partial charge in [-0.3, -0.25) is 14.9 Å². The van der Waals surface area contributed by atoms with Gasteiger partial charge in [0.25, 0.3) is 0 Å². The van der Waals surface area contributed by atoms with E-state index in [1.165, 1.54) is 4.68 Å². The number of aromatic nitrogens is 2. The third-order valence-corrected chi connectivity index (χ3v) is 3.25. The van der Waals surface area contributed by atoms with Crippen LogP contribution in [0.1, 0.15) is 5.69 Å². The number of hydrogen-bond acceptors (Lipinski definition) is 6. The summed E-state index contributed by atoms with van der Waals surface area (Å²) in [5.74, 6) is 0.190. The first kappa shape index (κ1) is 14.3. The molecule has 1 aromatic rings. The van der Waals surface area contributed by atoms with E-state index in [0.29, 0.717) is 18.8 Å². The number of nitro groups is 1. The highest BCUT2D eigenvalue weighted by atomic mass is 16.6. The lowest BCUT2D eigenvalue weighted by molar-refractivity contribution is -0.384. The summed E-state index contributed by atoms with van der Waals surface area (Å²) in [6, 6.07) is 0. The summed E-state index contributed by atoms with van der Waals surface area (Å²) in [4.78, 5) is 24.3. The Bertz CT molecular complexity index is 520. The van der Waals surface area contributed by atoms with Crippen molar-refractivity contribution in [2.45, 2.75) is 6.92 Å². The molecule has 2 rings (SSSR count). The lowest BCUT2D eigenvalue weighted by atomic mass is 10.3. The molecule has 1 amide bonds. The van der Waals surface area contributed by atoms with Crippen LogP contribution in [-0.4, -0.2) is 58.2 Å². The number of anilines is 1. The van der Waals surface area contributed by atoms with E-state index in [1.54, 1.807) is 18.9 Å². The van der Waals surface area contributed by atoms with Crippen LogP contribution >= 0.6 is 0 Å². The van der Waals surface area contributed by atoms with E-state index in [-0.39, 0.29) is 24.0 Å². The van der Waals surface area contributed by atoms with Gasteiger partial charge in [-0.15, -0.1) is 0 Å². The summed E-state index contributed by atoms with van der Waals surface area (Å²) in [5, 5.41) is 21.0. The van der Waals surface area contributed by atoms with Crippen molar-refractivity contribution in [3.8, 4) is 0 Å². The molecule has 0 saturated carbocycles. The first-order chi connectivity index (χ1) is 9.50. The molecule has 9 nitrogen and oxygen atoms in total. The lowest BCUT2D eigenvalue weighted by Gasteiger charge is -2.27. The molecule has 9 heteroatoms. The van der Waals surface area contributed by atoms with E-state index in [4.69, 9.17) is 0 Å². The van der Waals surface area contributed by atoms with Crippen LogP contribution in [0.2, 0.25) is 0 Å². The van der Waals surface area contributed by atoms with Gasteiger partial charge in [-0.05, 0) is 6.92 Å². The van der Waals surface area contributed by atoms with Gasteiger partial charge in [-0.25, -0.2) is 4.68 Å². The van der Waals surface area contributed by atoms with Crippen molar-refractivity contribution in [3.63, 3.8) is 0 Å². The van der Waals surface area contributed by atoms with Gasteiger partial charge in [0.05, 0.1) is 11.5 Å². The molecular weight excluding hydrogens is 264 g/mol. The molecule has 0 spiro atoms.